The summed E-state index contributed by atoms with van der Waals surface area (Å²) in [6.45, 7) is 0.607. The Bertz CT molecular complexity index is 2110. The molecule has 0 aliphatic heterocycles. The minimum Gasteiger partial charge on any atom is -0.351 e. The van der Waals surface area contributed by atoms with Crippen molar-refractivity contribution in [3.63, 3.8) is 0 Å². The van der Waals surface area contributed by atoms with Gasteiger partial charge in [0.2, 0.25) is 0 Å². The lowest BCUT2D eigenvalue weighted by Crippen LogP contribution is -2.36. The van der Waals surface area contributed by atoms with Gasteiger partial charge in [-0.1, -0.05) is 109 Å². The fourth-order valence-corrected chi connectivity index (χ4v) is 6.60. The molecule has 5 aromatic carbocycles. The maximum absolute atomic E-state index is 5.17. The zero-order valence-corrected chi connectivity index (χ0v) is 24.4. The zero-order chi connectivity index (χ0) is 29.3. The maximum Gasteiger partial charge on any atom is 0.176 e. The maximum atomic E-state index is 5.17. The first-order valence-electron chi connectivity index (χ1n) is 15.3. The van der Waals surface area contributed by atoms with Gasteiger partial charge in [0.15, 0.2) is 6.29 Å². The molecule has 1 aliphatic carbocycles. The number of rotatable bonds is 8. The van der Waals surface area contributed by atoms with Crippen LogP contribution in [0, 0.1) is 0 Å². The molecule has 0 saturated heterocycles. The normalized spacial score (nSPS) is 13.6. The molecule has 8 rings (SSSR count). The molecule has 5 nitrogen and oxygen atoms in total. The van der Waals surface area contributed by atoms with E-state index in [-0.39, 0.29) is 0 Å². The van der Waals surface area contributed by atoms with Crippen molar-refractivity contribution in [1.82, 2.24) is 14.5 Å². The molecule has 0 amide bonds. The third-order valence-corrected chi connectivity index (χ3v) is 8.65. The minimum atomic E-state index is -0.399. The van der Waals surface area contributed by atoms with Crippen molar-refractivity contribution in [3.8, 4) is 11.1 Å². The molecule has 0 fully saturated rings. The molecule has 0 saturated carbocycles. The van der Waals surface area contributed by atoms with E-state index in [1.807, 2.05) is 6.34 Å². The number of aliphatic imine (C=N–C) groups is 1. The number of benzene rings is 5. The monoisotopic (exact) mass is 571 g/mol. The van der Waals surface area contributed by atoms with E-state index in [2.05, 4.69) is 159 Å². The molecule has 2 heterocycles. The van der Waals surface area contributed by atoms with Crippen molar-refractivity contribution < 1.29 is 0 Å². The molecule has 1 unspecified atom stereocenters. The summed E-state index contributed by atoms with van der Waals surface area (Å²) in [6, 6.07) is 44.7. The first-order valence-corrected chi connectivity index (χ1v) is 15.3. The van der Waals surface area contributed by atoms with Gasteiger partial charge in [-0.05, 0) is 54.3 Å². The van der Waals surface area contributed by atoms with Gasteiger partial charge >= 0.3 is 0 Å². The second-order valence-corrected chi connectivity index (χ2v) is 11.2. The van der Waals surface area contributed by atoms with Crippen LogP contribution in [-0.2, 0) is 13.1 Å². The molecule has 1 atom stereocenters. The van der Waals surface area contributed by atoms with Gasteiger partial charge in [-0.3, -0.25) is 5.32 Å². The summed E-state index contributed by atoms with van der Waals surface area (Å²) in [7, 11) is 0. The van der Waals surface area contributed by atoms with Gasteiger partial charge in [0, 0.05) is 38.6 Å². The highest BCUT2D eigenvalue weighted by Crippen LogP contribution is 2.32. The Morgan fingerprint density at radius 3 is 2.09 bits per heavy atom. The van der Waals surface area contributed by atoms with E-state index in [4.69, 9.17) is 4.99 Å². The molecular formula is C39H33N5. The molecule has 7 aromatic rings. The van der Waals surface area contributed by atoms with E-state index < -0.39 is 6.29 Å². The summed E-state index contributed by atoms with van der Waals surface area (Å²) in [4.78, 5) is 5.17. The van der Waals surface area contributed by atoms with E-state index >= 15 is 0 Å². The molecule has 0 radical (unpaired) electrons. The number of aryl methyl sites for hydroxylation is 1. The van der Waals surface area contributed by atoms with Gasteiger partial charge in [0.05, 0.1) is 24.0 Å². The van der Waals surface area contributed by atoms with Crippen LogP contribution in [0.2, 0.25) is 0 Å². The van der Waals surface area contributed by atoms with Gasteiger partial charge in [0.1, 0.15) is 0 Å². The first kappa shape index (κ1) is 26.3. The van der Waals surface area contributed by atoms with Crippen LogP contribution < -0.4 is 10.6 Å². The van der Waals surface area contributed by atoms with Gasteiger partial charge in [-0.25, -0.2) is 4.99 Å². The van der Waals surface area contributed by atoms with Crippen LogP contribution in [0.4, 0.5) is 5.69 Å². The Hall–Kier alpha value is -5.39. The zero-order valence-electron chi connectivity index (χ0n) is 24.4. The Balaban J connectivity index is 1.20. The number of anilines is 1. The lowest BCUT2D eigenvalue weighted by molar-refractivity contribution is 0.502. The Morgan fingerprint density at radius 2 is 1.32 bits per heavy atom. The topological polar surface area (TPSA) is 46.3 Å². The summed E-state index contributed by atoms with van der Waals surface area (Å²) in [6.07, 6.45) is 8.27. The van der Waals surface area contributed by atoms with Crippen molar-refractivity contribution in [2.45, 2.75) is 25.8 Å². The quantitative estimate of drug-likeness (QED) is 0.109. The fourth-order valence-electron chi connectivity index (χ4n) is 6.60. The van der Waals surface area contributed by atoms with Crippen LogP contribution in [0.1, 0.15) is 17.7 Å². The number of nitrogens with one attached hydrogen (secondary N) is 2. The van der Waals surface area contributed by atoms with Crippen molar-refractivity contribution in [2.75, 3.05) is 5.32 Å². The number of aromatic nitrogens is 2. The SMILES string of the molecule is C1=Cc2c(c3ccccc3n2CNC(/N=C/n2c3ccccc3c3ccccc32)Nc2ccccc2-c2ccccc2)CC1. The number of hydrogen-bond donors (Lipinski definition) is 2. The standard InChI is InChI=1S/C39H33N5/c1-2-14-28(15-3-1)29-16-4-9-21-34(29)42-39(40-26-43-35-22-10-5-17-30(35)31-18-6-11-23-36(31)43)41-27-44-37-24-12-7-19-32(37)33-20-8-13-25-38(33)44/h1-7,9-19,21-26,39,41-42H,8,20,27H2/b40-26+. The van der Waals surface area contributed by atoms with Crippen molar-refractivity contribution >= 4 is 50.8 Å². The lowest BCUT2D eigenvalue weighted by Gasteiger charge is -2.21. The third-order valence-electron chi connectivity index (χ3n) is 8.65. The first-order chi connectivity index (χ1) is 21.8. The van der Waals surface area contributed by atoms with Crippen LogP contribution >= 0.6 is 0 Å². The molecule has 0 bridgehead atoms. The molecule has 2 N–H and O–H groups in total. The summed E-state index contributed by atoms with van der Waals surface area (Å²) in [5.41, 5.74) is 9.54. The van der Waals surface area contributed by atoms with Crippen LogP contribution in [0.15, 0.2) is 138 Å². The van der Waals surface area contributed by atoms with E-state index in [1.165, 1.54) is 32.9 Å². The third kappa shape index (κ3) is 4.68. The van der Waals surface area contributed by atoms with Gasteiger partial charge < -0.3 is 14.5 Å². The average molecular weight is 572 g/mol. The predicted molar refractivity (Wildman–Crippen MR) is 185 cm³/mol. The second kappa shape index (κ2) is 11.4. The Labute approximate surface area is 256 Å². The van der Waals surface area contributed by atoms with Gasteiger partial charge in [0.25, 0.3) is 0 Å². The van der Waals surface area contributed by atoms with E-state index in [1.54, 1.807) is 0 Å². The molecule has 5 heteroatoms. The smallest absolute Gasteiger partial charge is 0.176 e. The van der Waals surface area contributed by atoms with Crippen LogP contribution in [0.3, 0.4) is 0 Å². The van der Waals surface area contributed by atoms with Gasteiger partial charge in [-0.2, -0.15) is 0 Å². The number of hydrogen-bond acceptors (Lipinski definition) is 3. The number of allylic oxidation sites excluding steroid dienone is 1. The molecule has 44 heavy (non-hydrogen) atoms. The molecular weight excluding hydrogens is 538 g/mol. The summed E-state index contributed by atoms with van der Waals surface area (Å²) in [5, 5.41) is 11.3. The highest BCUT2D eigenvalue weighted by atomic mass is 15.3. The van der Waals surface area contributed by atoms with E-state index in [9.17, 15) is 0 Å². The number of nitrogens with zero attached hydrogens (tertiary/aromatic N) is 3. The average Bonchev–Trinajstić information content (AvgIpc) is 3.59. The van der Waals surface area contributed by atoms with Crippen molar-refractivity contribution in [1.29, 1.82) is 0 Å². The van der Waals surface area contributed by atoms with Crippen LogP contribution in [0.5, 0.6) is 0 Å². The number of para-hydroxylation sites is 4. The van der Waals surface area contributed by atoms with E-state index in [0.717, 1.165) is 40.7 Å². The molecule has 1 aliphatic rings. The Kier molecular flexibility index (Phi) is 6.78. The molecule has 214 valence electrons. The Morgan fingerprint density at radius 1 is 0.682 bits per heavy atom. The summed E-state index contributed by atoms with van der Waals surface area (Å²) < 4.78 is 4.58. The van der Waals surface area contributed by atoms with E-state index in [0.29, 0.717) is 6.67 Å². The fraction of sp³-hybridized carbons (Fsp3) is 0.103. The molecule has 0 spiro atoms. The van der Waals surface area contributed by atoms with Gasteiger partial charge in [-0.15, -0.1) is 0 Å². The second-order valence-electron chi connectivity index (χ2n) is 11.2. The van der Waals surface area contributed by atoms with Crippen molar-refractivity contribution in [3.05, 3.63) is 145 Å². The summed E-state index contributed by atoms with van der Waals surface area (Å²) >= 11 is 0. The molecule has 2 aromatic heterocycles. The number of fused-ring (bicyclic) bond motifs is 6. The van der Waals surface area contributed by atoms with Crippen molar-refractivity contribution in [2.24, 2.45) is 4.99 Å². The highest BCUT2D eigenvalue weighted by Gasteiger charge is 2.18. The lowest BCUT2D eigenvalue weighted by atomic mass is 10.0. The summed E-state index contributed by atoms with van der Waals surface area (Å²) in [5.74, 6) is 0. The predicted octanol–water partition coefficient (Wildman–Crippen LogP) is 8.90. The minimum absolute atomic E-state index is 0.399. The van der Waals surface area contributed by atoms with Crippen LogP contribution in [-0.4, -0.2) is 21.8 Å². The largest absolute Gasteiger partial charge is 0.351 e. The van der Waals surface area contributed by atoms with Crippen LogP contribution in [0.25, 0.3) is 49.9 Å². The highest BCUT2D eigenvalue weighted by molar-refractivity contribution is 6.11.